The Morgan fingerprint density at radius 2 is 1.84 bits per heavy atom. The zero-order valence-electron chi connectivity index (χ0n) is 25.3. The number of hydrogen-bond acceptors (Lipinski definition) is 9. The van der Waals surface area contributed by atoms with E-state index in [1.54, 1.807) is 6.20 Å². The SMILES string of the molecule is CCOC1CC2CCC(C1)N2C(O)C1CCC(Nc2nccc(-n3ccc4c(OCCCS(C)(=O)=O)cccc43)n2)CC1. The molecule has 43 heavy (non-hydrogen) atoms. The largest absolute Gasteiger partial charge is 0.493 e. The maximum atomic E-state index is 11.4. The van der Waals surface area contributed by atoms with Gasteiger partial charge in [0.15, 0.2) is 0 Å². The minimum atomic E-state index is -3.01. The van der Waals surface area contributed by atoms with Crippen molar-refractivity contribution in [2.75, 3.05) is 30.5 Å². The van der Waals surface area contributed by atoms with Crippen molar-refractivity contribution in [3.05, 3.63) is 42.7 Å². The van der Waals surface area contributed by atoms with Crippen molar-refractivity contribution in [1.29, 1.82) is 0 Å². The fourth-order valence-corrected chi connectivity index (χ4v) is 8.12. The number of hydrogen-bond donors (Lipinski definition) is 2. The number of anilines is 1. The molecule has 2 aromatic heterocycles. The first-order chi connectivity index (χ1) is 20.8. The van der Waals surface area contributed by atoms with Gasteiger partial charge in [0, 0.05) is 48.8 Å². The Morgan fingerprint density at radius 1 is 1.07 bits per heavy atom. The zero-order chi connectivity index (χ0) is 30.0. The van der Waals surface area contributed by atoms with E-state index in [1.165, 1.54) is 19.1 Å². The highest BCUT2D eigenvalue weighted by Crippen LogP contribution is 2.41. The van der Waals surface area contributed by atoms with Gasteiger partial charge in [0.05, 0.1) is 24.0 Å². The Bertz CT molecular complexity index is 1470. The molecule has 4 heterocycles. The average Bonchev–Trinajstić information content (AvgIpc) is 3.54. The number of nitrogens with zero attached hydrogens (tertiary/aromatic N) is 4. The zero-order valence-corrected chi connectivity index (χ0v) is 26.1. The Balaban J connectivity index is 1.05. The molecule has 0 radical (unpaired) electrons. The number of aromatic nitrogens is 3. The highest BCUT2D eigenvalue weighted by Gasteiger charge is 2.46. The van der Waals surface area contributed by atoms with Crippen LogP contribution < -0.4 is 10.1 Å². The van der Waals surface area contributed by atoms with Crippen LogP contribution in [0, 0.1) is 5.92 Å². The highest BCUT2D eigenvalue weighted by molar-refractivity contribution is 7.90. The number of aliphatic hydroxyl groups excluding tert-OH is 1. The smallest absolute Gasteiger partial charge is 0.224 e. The number of rotatable bonds is 12. The number of aliphatic hydroxyl groups is 1. The van der Waals surface area contributed by atoms with Gasteiger partial charge in [0.2, 0.25) is 5.95 Å². The predicted molar refractivity (Wildman–Crippen MR) is 167 cm³/mol. The molecule has 2 aliphatic heterocycles. The lowest BCUT2D eigenvalue weighted by Crippen LogP contribution is -2.53. The summed E-state index contributed by atoms with van der Waals surface area (Å²) in [5.74, 6) is 2.50. The van der Waals surface area contributed by atoms with E-state index in [0.717, 1.165) is 67.6 Å². The molecule has 1 aromatic carbocycles. The van der Waals surface area contributed by atoms with Gasteiger partial charge in [-0.05, 0) is 94.9 Å². The summed E-state index contributed by atoms with van der Waals surface area (Å²) >= 11 is 0. The second-order valence-electron chi connectivity index (χ2n) is 12.5. The van der Waals surface area contributed by atoms with E-state index in [-0.39, 0.29) is 18.0 Å². The number of fused-ring (bicyclic) bond motifs is 3. The van der Waals surface area contributed by atoms with E-state index in [4.69, 9.17) is 14.5 Å². The summed E-state index contributed by atoms with van der Waals surface area (Å²) in [5.41, 5.74) is 0.957. The lowest BCUT2D eigenvalue weighted by atomic mass is 9.83. The van der Waals surface area contributed by atoms with Gasteiger partial charge in [-0.15, -0.1) is 0 Å². The molecular weight excluding hydrogens is 566 g/mol. The van der Waals surface area contributed by atoms with Crippen LogP contribution in [0.1, 0.15) is 64.7 Å². The predicted octanol–water partition coefficient (Wildman–Crippen LogP) is 4.56. The van der Waals surface area contributed by atoms with Crippen molar-refractivity contribution in [3.63, 3.8) is 0 Å². The van der Waals surface area contributed by atoms with Crippen LogP contribution in [0.3, 0.4) is 0 Å². The van der Waals surface area contributed by atoms with E-state index in [2.05, 4.69) is 22.1 Å². The van der Waals surface area contributed by atoms with Gasteiger partial charge < -0.3 is 24.5 Å². The van der Waals surface area contributed by atoms with Crippen molar-refractivity contribution in [3.8, 4) is 11.6 Å². The molecule has 1 aliphatic carbocycles. The fourth-order valence-electron chi connectivity index (χ4n) is 7.48. The van der Waals surface area contributed by atoms with E-state index >= 15 is 0 Å². The molecule has 2 N–H and O–H groups in total. The number of sulfone groups is 1. The molecule has 1 saturated carbocycles. The number of benzene rings is 1. The molecule has 3 atom stereocenters. The van der Waals surface area contributed by atoms with Crippen LogP contribution in [0.4, 0.5) is 5.95 Å². The standard InChI is InChI=1S/C32H45N5O5S/c1-3-41-26-20-24-12-13-25(21-26)37(24)31(38)22-8-10-23(11-9-22)34-32-33-16-14-30(35-32)36-17-15-27-28(36)6-4-7-29(27)42-18-5-19-43(2,39)40/h4,6-7,14-17,22-26,31,38H,3,5,8-13,18-21H2,1-2H3,(H,33,34,35). The molecule has 3 aliphatic rings. The summed E-state index contributed by atoms with van der Waals surface area (Å²) in [5, 5.41) is 15.9. The molecule has 3 fully saturated rings. The average molecular weight is 612 g/mol. The third-order valence-corrected chi connectivity index (χ3v) is 10.5. The van der Waals surface area contributed by atoms with Crippen LogP contribution >= 0.6 is 0 Å². The second kappa shape index (κ2) is 13.1. The maximum Gasteiger partial charge on any atom is 0.224 e. The summed E-state index contributed by atoms with van der Waals surface area (Å²) in [6.45, 7) is 3.18. The fraction of sp³-hybridized carbons (Fsp3) is 0.625. The molecule has 0 amide bonds. The van der Waals surface area contributed by atoms with E-state index in [9.17, 15) is 13.5 Å². The van der Waals surface area contributed by atoms with Gasteiger partial charge >= 0.3 is 0 Å². The monoisotopic (exact) mass is 611 g/mol. The highest BCUT2D eigenvalue weighted by atomic mass is 32.2. The molecule has 3 unspecified atom stereocenters. The molecule has 11 heteroatoms. The molecule has 2 bridgehead atoms. The van der Waals surface area contributed by atoms with Crippen LogP contribution in [0.2, 0.25) is 0 Å². The minimum Gasteiger partial charge on any atom is -0.493 e. The Labute approximate surface area is 254 Å². The second-order valence-corrected chi connectivity index (χ2v) is 14.8. The lowest BCUT2D eigenvalue weighted by molar-refractivity contribution is -0.115. The normalized spacial score (nSPS) is 26.9. The first kappa shape index (κ1) is 30.3. The minimum absolute atomic E-state index is 0.109. The summed E-state index contributed by atoms with van der Waals surface area (Å²) in [4.78, 5) is 11.8. The molecule has 0 spiro atoms. The molecule has 10 nitrogen and oxygen atoms in total. The summed E-state index contributed by atoms with van der Waals surface area (Å²) in [6, 6.07) is 10.9. The van der Waals surface area contributed by atoms with Crippen LogP contribution in [0.25, 0.3) is 16.7 Å². The quantitative estimate of drug-likeness (QED) is 0.284. The molecule has 234 valence electrons. The van der Waals surface area contributed by atoms with Gasteiger partial charge in [-0.25, -0.2) is 13.4 Å². The molecule has 3 aromatic rings. The molecular formula is C32H45N5O5S. The van der Waals surface area contributed by atoms with E-state index in [1.807, 2.05) is 41.1 Å². The van der Waals surface area contributed by atoms with E-state index in [0.29, 0.717) is 43.1 Å². The first-order valence-electron chi connectivity index (χ1n) is 15.9. The van der Waals surface area contributed by atoms with Crippen LogP contribution in [-0.2, 0) is 14.6 Å². The topological polar surface area (TPSA) is 119 Å². The van der Waals surface area contributed by atoms with Gasteiger partial charge in [-0.1, -0.05) is 6.07 Å². The Hall–Kier alpha value is -2.73. The summed E-state index contributed by atoms with van der Waals surface area (Å²) in [7, 11) is -3.01. The Kier molecular flexibility index (Phi) is 9.23. The van der Waals surface area contributed by atoms with E-state index < -0.39 is 9.84 Å². The molecule has 6 rings (SSSR count). The third-order valence-electron chi connectivity index (χ3n) is 9.48. The summed E-state index contributed by atoms with van der Waals surface area (Å²) < 4.78 is 36.7. The third kappa shape index (κ3) is 7.00. The number of nitrogens with one attached hydrogen (secondary N) is 1. The van der Waals surface area contributed by atoms with Crippen LogP contribution in [0.5, 0.6) is 5.75 Å². The van der Waals surface area contributed by atoms with Crippen molar-refractivity contribution in [2.45, 2.75) is 95.2 Å². The lowest BCUT2D eigenvalue weighted by Gasteiger charge is -2.45. The summed E-state index contributed by atoms with van der Waals surface area (Å²) in [6.07, 6.45) is 13.8. The van der Waals surface area contributed by atoms with Crippen LogP contribution in [0.15, 0.2) is 42.7 Å². The van der Waals surface area contributed by atoms with Gasteiger partial charge in [-0.2, -0.15) is 4.98 Å². The molecule has 2 saturated heterocycles. The van der Waals surface area contributed by atoms with Gasteiger partial charge in [-0.3, -0.25) is 4.90 Å². The van der Waals surface area contributed by atoms with Gasteiger partial charge in [0.1, 0.15) is 27.6 Å². The first-order valence-corrected chi connectivity index (χ1v) is 17.9. The Morgan fingerprint density at radius 3 is 2.56 bits per heavy atom. The van der Waals surface area contributed by atoms with Crippen LogP contribution in [-0.4, -0.2) is 88.6 Å². The number of piperidine rings is 1. The maximum absolute atomic E-state index is 11.4. The number of ether oxygens (including phenoxy) is 2. The van der Waals surface area contributed by atoms with Crippen molar-refractivity contribution in [2.24, 2.45) is 5.92 Å². The van der Waals surface area contributed by atoms with Crippen molar-refractivity contribution >= 4 is 26.7 Å². The van der Waals surface area contributed by atoms with Gasteiger partial charge in [0.25, 0.3) is 0 Å². The van der Waals surface area contributed by atoms with Crippen molar-refractivity contribution < 1.29 is 23.0 Å². The van der Waals surface area contributed by atoms with Crippen molar-refractivity contribution in [1.82, 2.24) is 19.4 Å².